The van der Waals surface area contributed by atoms with Gasteiger partial charge >= 0.3 is 6.18 Å². The lowest BCUT2D eigenvalue weighted by Gasteiger charge is -2.12. The fourth-order valence-corrected chi connectivity index (χ4v) is 2.28. The van der Waals surface area contributed by atoms with Crippen molar-refractivity contribution >= 4 is 29.9 Å². The molecule has 0 fully saturated rings. The number of guanidine groups is 1. The number of aryl methyl sites for hydroxylation is 1. The van der Waals surface area contributed by atoms with Crippen LogP contribution < -0.4 is 15.4 Å². The van der Waals surface area contributed by atoms with E-state index in [9.17, 15) is 13.2 Å². The molecule has 2 aromatic rings. The fourth-order valence-electron chi connectivity index (χ4n) is 2.28. The van der Waals surface area contributed by atoms with Crippen LogP contribution in [0.1, 0.15) is 18.9 Å². The van der Waals surface area contributed by atoms with Crippen LogP contribution in [0.25, 0.3) is 0 Å². The van der Waals surface area contributed by atoms with Gasteiger partial charge in [0.05, 0.1) is 12.1 Å². The van der Waals surface area contributed by atoms with Crippen molar-refractivity contribution in [1.29, 1.82) is 0 Å². The van der Waals surface area contributed by atoms with Crippen LogP contribution in [0.2, 0.25) is 0 Å². The van der Waals surface area contributed by atoms with Crippen LogP contribution in [0.15, 0.2) is 47.7 Å². The molecule has 0 aliphatic rings. The summed E-state index contributed by atoms with van der Waals surface area (Å²) in [6, 6.07) is 6.53. The molecule has 10 heteroatoms. The standard InChI is InChI=1S/C18H24F3N5O.HI/c1-2-22-17(23-9-3-12-26-13-4-10-25-26)24-11-14-27-16-7-5-15(6-8-16)18(19,20)21;/h4-8,10,13H,2-3,9,11-12,14H2,1H3,(H2,22,23,24);1H. The number of hydrogen-bond donors (Lipinski definition) is 2. The summed E-state index contributed by atoms with van der Waals surface area (Å²) in [5, 5.41) is 10.4. The van der Waals surface area contributed by atoms with Gasteiger partial charge in [0.15, 0.2) is 5.96 Å². The lowest BCUT2D eigenvalue weighted by Crippen LogP contribution is -2.39. The third kappa shape index (κ3) is 8.81. The Labute approximate surface area is 179 Å². The molecule has 0 aliphatic heterocycles. The van der Waals surface area contributed by atoms with Gasteiger partial charge in [-0.2, -0.15) is 18.3 Å². The van der Waals surface area contributed by atoms with Gasteiger partial charge in [0.25, 0.3) is 0 Å². The Hall–Kier alpha value is -1.98. The molecule has 1 aromatic heterocycles. The first-order chi connectivity index (χ1) is 13.0. The highest BCUT2D eigenvalue weighted by molar-refractivity contribution is 14.0. The first kappa shape index (κ1) is 24.1. The average Bonchev–Trinajstić information content (AvgIpc) is 3.15. The number of rotatable bonds is 9. The van der Waals surface area contributed by atoms with Crippen molar-refractivity contribution < 1.29 is 17.9 Å². The van der Waals surface area contributed by atoms with Gasteiger partial charge in [-0.3, -0.25) is 9.67 Å². The van der Waals surface area contributed by atoms with Gasteiger partial charge < -0.3 is 15.4 Å². The molecule has 0 bridgehead atoms. The summed E-state index contributed by atoms with van der Waals surface area (Å²) in [5.74, 6) is 1.07. The second-order valence-electron chi connectivity index (χ2n) is 5.68. The third-order valence-electron chi connectivity index (χ3n) is 3.56. The fraction of sp³-hybridized carbons (Fsp3) is 0.444. The van der Waals surface area contributed by atoms with Crippen molar-refractivity contribution in [3.05, 3.63) is 48.3 Å². The molecule has 28 heavy (non-hydrogen) atoms. The molecule has 2 rings (SSSR count). The number of alkyl halides is 3. The van der Waals surface area contributed by atoms with Gasteiger partial charge in [-0.05, 0) is 43.7 Å². The number of ether oxygens (including phenoxy) is 1. The van der Waals surface area contributed by atoms with Crippen LogP contribution in [0.3, 0.4) is 0 Å². The average molecular weight is 511 g/mol. The zero-order chi connectivity index (χ0) is 19.5. The van der Waals surface area contributed by atoms with E-state index in [4.69, 9.17) is 4.74 Å². The second kappa shape index (κ2) is 12.5. The van der Waals surface area contributed by atoms with Crippen LogP contribution in [0, 0.1) is 0 Å². The number of aromatic nitrogens is 2. The zero-order valence-corrected chi connectivity index (χ0v) is 17.9. The number of nitrogens with zero attached hydrogens (tertiary/aromatic N) is 3. The van der Waals surface area contributed by atoms with E-state index in [1.807, 2.05) is 23.9 Å². The van der Waals surface area contributed by atoms with Crippen molar-refractivity contribution in [2.24, 2.45) is 4.99 Å². The van der Waals surface area contributed by atoms with Crippen molar-refractivity contribution in [2.75, 3.05) is 26.2 Å². The molecule has 1 heterocycles. The molecule has 0 amide bonds. The lowest BCUT2D eigenvalue weighted by molar-refractivity contribution is -0.137. The Morgan fingerprint density at radius 3 is 2.57 bits per heavy atom. The SMILES string of the molecule is CCNC(=NCCCn1cccn1)NCCOc1ccc(C(F)(F)F)cc1.I. The largest absolute Gasteiger partial charge is 0.492 e. The van der Waals surface area contributed by atoms with Crippen LogP contribution >= 0.6 is 24.0 Å². The summed E-state index contributed by atoms with van der Waals surface area (Å²) >= 11 is 0. The molecule has 1 aromatic carbocycles. The van der Waals surface area contributed by atoms with Crippen molar-refractivity contribution in [2.45, 2.75) is 26.1 Å². The van der Waals surface area contributed by atoms with Gasteiger partial charge in [0, 0.05) is 32.0 Å². The first-order valence-electron chi connectivity index (χ1n) is 8.78. The summed E-state index contributed by atoms with van der Waals surface area (Å²) in [6.07, 6.45) is 0.173. The molecule has 0 radical (unpaired) electrons. The number of nitrogens with one attached hydrogen (secondary N) is 2. The predicted octanol–water partition coefficient (Wildman–Crippen LogP) is 3.54. The van der Waals surface area contributed by atoms with E-state index >= 15 is 0 Å². The van der Waals surface area contributed by atoms with Crippen LogP contribution in [0.4, 0.5) is 13.2 Å². The maximum absolute atomic E-state index is 12.5. The molecule has 156 valence electrons. The minimum atomic E-state index is -4.34. The summed E-state index contributed by atoms with van der Waals surface area (Å²) in [5.41, 5.74) is -0.690. The molecular weight excluding hydrogens is 486 g/mol. The number of hydrogen-bond acceptors (Lipinski definition) is 3. The second-order valence-corrected chi connectivity index (χ2v) is 5.68. The van der Waals surface area contributed by atoms with Crippen molar-refractivity contribution in [3.63, 3.8) is 0 Å². The first-order valence-corrected chi connectivity index (χ1v) is 8.78. The number of benzene rings is 1. The molecule has 0 saturated carbocycles. The summed E-state index contributed by atoms with van der Waals surface area (Å²) in [6.45, 7) is 4.93. The highest BCUT2D eigenvalue weighted by Crippen LogP contribution is 2.30. The maximum atomic E-state index is 12.5. The monoisotopic (exact) mass is 511 g/mol. The lowest BCUT2D eigenvalue weighted by atomic mass is 10.2. The Kier molecular flexibility index (Phi) is 10.7. The van der Waals surface area contributed by atoms with Crippen molar-refractivity contribution in [1.82, 2.24) is 20.4 Å². The highest BCUT2D eigenvalue weighted by Gasteiger charge is 2.29. The van der Waals surface area contributed by atoms with Crippen LogP contribution in [0.5, 0.6) is 5.75 Å². The number of aliphatic imine (C=N–C) groups is 1. The summed E-state index contributed by atoms with van der Waals surface area (Å²) < 4.78 is 44.9. The molecule has 0 atom stereocenters. The topological polar surface area (TPSA) is 63.5 Å². The Bertz CT molecular complexity index is 690. The predicted molar refractivity (Wildman–Crippen MR) is 113 cm³/mol. The van der Waals surface area contributed by atoms with Crippen LogP contribution in [-0.2, 0) is 12.7 Å². The van der Waals surface area contributed by atoms with E-state index in [2.05, 4.69) is 20.7 Å². The Morgan fingerprint density at radius 1 is 1.21 bits per heavy atom. The molecule has 2 N–H and O–H groups in total. The van der Waals surface area contributed by atoms with Gasteiger partial charge in [0.2, 0.25) is 0 Å². The van der Waals surface area contributed by atoms with Crippen LogP contribution in [-0.4, -0.2) is 42.0 Å². The third-order valence-corrected chi connectivity index (χ3v) is 3.56. The molecule has 0 spiro atoms. The van der Waals surface area contributed by atoms with Crippen molar-refractivity contribution in [3.8, 4) is 5.75 Å². The van der Waals surface area contributed by atoms with Gasteiger partial charge in [0.1, 0.15) is 12.4 Å². The van der Waals surface area contributed by atoms with E-state index in [1.54, 1.807) is 6.20 Å². The molecule has 0 aliphatic carbocycles. The van der Waals surface area contributed by atoms with E-state index in [0.29, 0.717) is 31.4 Å². The van der Waals surface area contributed by atoms with Gasteiger partial charge in [-0.15, -0.1) is 24.0 Å². The van der Waals surface area contributed by atoms with E-state index in [0.717, 1.165) is 31.6 Å². The van der Waals surface area contributed by atoms with E-state index in [-0.39, 0.29) is 24.0 Å². The molecule has 0 unspecified atom stereocenters. The summed E-state index contributed by atoms with van der Waals surface area (Å²) in [4.78, 5) is 4.47. The zero-order valence-electron chi connectivity index (χ0n) is 15.6. The minimum absolute atomic E-state index is 0. The highest BCUT2D eigenvalue weighted by atomic mass is 127. The smallest absolute Gasteiger partial charge is 0.416 e. The summed E-state index contributed by atoms with van der Waals surface area (Å²) in [7, 11) is 0. The normalized spacial score (nSPS) is 11.6. The Morgan fingerprint density at radius 2 is 1.96 bits per heavy atom. The maximum Gasteiger partial charge on any atom is 0.416 e. The van der Waals surface area contributed by atoms with E-state index < -0.39 is 11.7 Å². The molecule has 6 nitrogen and oxygen atoms in total. The quantitative estimate of drug-likeness (QED) is 0.234. The van der Waals surface area contributed by atoms with Gasteiger partial charge in [-0.25, -0.2) is 0 Å². The molecular formula is C18H25F3IN5O. The minimum Gasteiger partial charge on any atom is -0.492 e. The Balaban J connectivity index is 0.00000392. The molecule has 0 saturated heterocycles. The van der Waals surface area contributed by atoms with Gasteiger partial charge in [-0.1, -0.05) is 0 Å². The number of halogens is 4. The van der Waals surface area contributed by atoms with E-state index in [1.165, 1.54) is 12.1 Å².